The molecule has 122 valence electrons. The first-order valence-corrected chi connectivity index (χ1v) is 9.44. The van der Waals surface area contributed by atoms with Crippen molar-refractivity contribution in [2.45, 2.75) is 57.3 Å². The van der Waals surface area contributed by atoms with Crippen LogP contribution in [-0.4, -0.2) is 13.0 Å². The van der Waals surface area contributed by atoms with Crippen LogP contribution in [0, 0.1) is 0 Å². The Morgan fingerprint density at radius 1 is 0.957 bits per heavy atom. The molecule has 2 aromatic rings. The van der Waals surface area contributed by atoms with Gasteiger partial charge in [0.25, 0.3) is 10.1 Å². The standard InChI is InChI=1S/C18H24O3S.Na.H/c1-3-5-8-14-9-7-11-16-15(14)12-13-18(22(19,20)21)17(16)10-6-4-2;;/h7,9,11-13H,3-6,8,10H2,1-2H3,(H,19,20,21);;/q;+1;-1. The molecule has 0 heterocycles. The quantitative estimate of drug-likeness (QED) is 0.616. The Hall–Kier alpha value is -0.390. The van der Waals surface area contributed by atoms with Crippen LogP contribution in [0.1, 0.15) is 52.1 Å². The van der Waals surface area contributed by atoms with Crippen LogP contribution in [0.2, 0.25) is 0 Å². The maximum Gasteiger partial charge on any atom is 1.00 e. The molecule has 0 fully saturated rings. The third-order valence-corrected chi connectivity index (χ3v) is 5.02. The first kappa shape index (κ1) is 20.7. The molecule has 0 unspecified atom stereocenters. The van der Waals surface area contributed by atoms with Crippen molar-refractivity contribution in [3.05, 3.63) is 41.5 Å². The maximum absolute atomic E-state index is 11.7. The third kappa shape index (κ3) is 5.04. The molecule has 0 saturated heterocycles. The molecular formula is C18H25NaO3S. The molecule has 0 saturated carbocycles. The van der Waals surface area contributed by atoms with E-state index in [2.05, 4.69) is 19.9 Å². The van der Waals surface area contributed by atoms with E-state index < -0.39 is 10.1 Å². The van der Waals surface area contributed by atoms with Gasteiger partial charge in [0.1, 0.15) is 0 Å². The van der Waals surface area contributed by atoms with Crippen LogP contribution < -0.4 is 29.6 Å². The second-order valence-corrected chi connectivity index (χ2v) is 7.13. The van der Waals surface area contributed by atoms with E-state index in [-0.39, 0.29) is 35.9 Å². The molecule has 0 aliphatic heterocycles. The second kappa shape index (κ2) is 9.19. The van der Waals surface area contributed by atoms with Gasteiger partial charge in [-0.05, 0) is 53.6 Å². The fraction of sp³-hybridized carbons (Fsp3) is 0.444. The molecular weight excluding hydrogens is 319 g/mol. The fourth-order valence-electron chi connectivity index (χ4n) is 2.90. The molecule has 0 bridgehead atoms. The minimum Gasteiger partial charge on any atom is -1.00 e. The zero-order valence-electron chi connectivity index (χ0n) is 15.3. The number of rotatable bonds is 7. The molecule has 5 heteroatoms. The van der Waals surface area contributed by atoms with Crippen molar-refractivity contribution < 1.29 is 44.0 Å². The SMILES string of the molecule is CCCCc1cccc2c(CCCC)c(S(=O)(=O)O)ccc12.[H-].[Na+]. The van der Waals surface area contributed by atoms with Crippen LogP contribution in [0.15, 0.2) is 35.2 Å². The molecule has 0 amide bonds. The molecule has 2 rings (SSSR count). The van der Waals surface area contributed by atoms with Gasteiger partial charge in [0, 0.05) is 0 Å². The molecule has 0 radical (unpaired) electrons. The number of benzene rings is 2. The van der Waals surface area contributed by atoms with E-state index in [1.54, 1.807) is 6.07 Å². The van der Waals surface area contributed by atoms with E-state index in [1.165, 1.54) is 5.56 Å². The molecule has 0 atom stereocenters. The summed E-state index contributed by atoms with van der Waals surface area (Å²) in [5.41, 5.74) is 2.00. The molecule has 0 spiro atoms. The van der Waals surface area contributed by atoms with Crippen LogP contribution in [0.25, 0.3) is 10.8 Å². The van der Waals surface area contributed by atoms with Gasteiger partial charge < -0.3 is 1.43 Å². The third-order valence-electron chi connectivity index (χ3n) is 4.08. The topological polar surface area (TPSA) is 54.4 Å². The monoisotopic (exact) mass is 344 g/mol. The first-order valence-electron chi connectivity index (χ1n) is 8.00. The number of hydrogen-bond donors (Lipinski definition) is 1. The first-order chi connectivity index (χ1) is 10.5. The summed E-state index contributed by atoms with van der Waals surface area (Å²) in [5, 5.41) is 2.06. The second-order valence-electron chi connectivity index (χ2n) is 5.74. The predicted octanol–water partition coefficient (Wildman–Crippen LogP) is 1.89. The number of fused-ring (bicyclic) bond motifs is 1. The Morgan fingerprint density at radius 2 is 1.61 bits per heavy atom. The normalized spacial score (nSPS) is 11.4. The summed E-state index contributed by atoms with van der Waals surface area (Å²) >= 11 is 0. The van der Waals surface area contributed by atoms with E-state index in [0.717, 1.165) is 48.4 Å². The van der Waals surface area contributed by atoms with Gasteiger partial charge >= 0.3 is 29.6 Å². The van der Waals surface area contributed by atoms with Crippen molar-refractivity contribution >= 4 is 20.9 Å². The van der Waals surface area contributed by atoms with Gasteiger partial charge in [-0.15, -0.1) is 0 Å². The molecule has 0 aliphatic carbocycles. The van der Waals surface area contributed by atoms with Crippen LogP contribution in [0.4, 0.5) is 0 Å². The molecule has 0 aromatic heterocycles. The summed E-state index contributed by atoms with van der Waals surface area (Å²) in [6.07, 6.45) is 5.79. The van der Waals surface area contributed by atoms with Gasteiger partial charge in [-0.2, -0.15) is 8.42 Å². The molecule has 1 N–H and O–H groups in total. The van der Waals surface area contributed by atoms with E-state index in [9.17, 15) is 13.0 Å². The van der Waals surface area contributed by atoms with Crippen molar-refractivity contribution in [2.24, 2.45) is 0 Å². The minimum atomic E-state index is -4.19. The van der Waals surface area contributed by atoms with Crippen molar-refractivity contribution in [1.82, 2.24) is 0 Å². The predicted molar refractivity (Wildman–Crippen MR) is 92.1 cm³/mol. The summed E-state index contributed by atoms with van der Waals surface area (Å²) < 4.78 is 32.9. The van der Waals surface area contributed by atoms with Gasteiger partial charge in [-0.3, -0.25) is 4.55 Å². The van der Waals surface area contributed by atoms with E-state index >= 15 is 0 Å². The van der Waals surface area contributed by atoms with Gasteiger partial charge in [-0.25, -0.2) is 0 Å². The van der Waals surface area contributed by atoms with Gasteiger partial charge in [0.15, 0.2) is 0 Å². The number of aryl methyl sites for hydroxylation is 2. The van der Waals surface area contributed by atoms with Crippen molar-refractivity contribution in [1.29, 1.82) is 0 Å². The summed E-state index contributed by atoms with van der Waals surface area (Å²) in [6, 6.07) is 9.44. The van der Waals surface area contributed by atoms with E-state index in [0.29, 0.717) is 6.42 Å². The molecule has 3 nitrogen and oxygen atoms in total. The average molecular weight is 344 g/mol. The minimum absolute atomic E-state index is 0. The largest absolute Gasteiger partial charge is 1.00 e. The number of unbranched alkanes of at least 4 members (excludes halogenated alkanes) is 2. The Balaban J connectivity index is 0.00000264. The Kier molecular flexibility index (Phi) is 8.25. The molecule has 2 aromatic carbocycles. The summed E-state index contributed by atoms with van der Waals surface area (Å²) in [7, 11) is -4.19. The molecule has 0 aliphatic rings. The maximum atomic E-state index is 11.7. The smallest absolute Gasteiger partial charge is 1.00 e. The van der Waals surface area contributed by atoms with Gasteiger partial charge in [0.05, 0.1) is 4.90 Å². The summed E-state index contributed by atoms with van der Waals surface area (Å²) in [4.78, 5) is 0.0566. The summed E-state index contributed by atoms with van der Waals surface area (Å²) in [6.45, 7) is 4.24. The van der Waals surface area contributed by atoms with Crippen LogP contribution in [-0.2, 0) is 23.0 Å². The van der Waals surface area contributed by atoms with Crippen molar-refractivity contribution in [2.75, 3.05) is 0 Å². The average Bonchev–Trinajstić information content (AvgIpc) is 2.49. The van der Waals surface area contributed by atoms with Crippen LogP contribution in [0.3, 0.4) is 0 Å². The van der Waals surface area contributed by atoms with E-state index in [1.807, 2.05) is 18.2 Å². The van der Waals surface area contributed by atoms with Crippen LogP contribution >= 0.6 is 0 Å². The fourth-order valence-corrected chi connectivity index (χ4v) is 3.67. The zero-order valence-corrected chi connectivity index (χ0v) is 17.1. The van der Waals surface area contributed by atoms with E-state index in [4.69, 9.17) is 0 Å². The van der Waals surface area contributed by atoms with Crippen LogP contribution in [0.5, 0.6) is 0 Å². The molecule has 23 heavy (non-hydrogen) atoms. The summed E-state index contributed by atoms with van der Waals surface area (Å²) in [5.74, 6) is 0. The Bertz CT molecular complexity index is 760. The van der Waals surface area contributed by atoms with Gasteiger partial charge in [0.2, 0.25) is 0 Å². The zero-order chi connectivity index (χ0) is 16.2. The number of hydrogen-bond acceptors (Lipinski definition) is 2. The Morgan fingerprint density at radius 3 is 2.22 bits per heavy atom. The van der Waals surface area contributed by atoms with Crippen molar-refractivity contribution in [3.63, 3.8) is 0 Å². The van der Waals surface area contributed by atoms with Gasteiger partial charge in [-0.1, -0.05) is 51.0 Å². The Labute approximate surface area is 163 Å². The van der Waals surface area contributed by atoms with Crippen molar-refractivity contribution in [3.8, 4) is 0 Å².